The number of ether oxygens (including phenoxy) is 2. The minimum absolute atomic E-state index is 0.0266. The van der Waals surface area contributed by atoms with Gasteiger partial charge in [-0.25, -0.2) is 9.18 Å². The molecule has 0 bridgehead atoms. The van der Waals surface area contributed by atoms with Gasteiger partial charge in [0.1, 0.15) is 22.4 Å². The van der Waals surface area contributed by atoms with Crippen LogP contribution < -0.4 is 20.4 Å². The Hall–Kier alpha value is -5.45. The lowest BCUT2D eigenvalue weighted by Gasteiger charge is -2.30. The Morgan fingerprint density at radius 1 is 1.02 bits per heavy atom. The van der Waals surface area contributed by atoms with Gasteiger partial charge in [-0.05, 0) is 74.2 Å². The number of hydrogen-bond donors (Lipinski definition) is 1. The Morgan fingerprint density at radius 3 is 2.57 bits per heavy atom. The molecular weight excluding hydrogens is 625 g/mol. The van der Waals surface area contributed by atoms with E-state index in [1.54, 1.807) is 42.6 Å². The number of carbonyl (C=O) groups is 2. The zero-order valence-corrected chi connectivity index (χ0v) is 27.5. The van der Waals surface area contributed by atoms with Crippen molar-refractivity contribution < 1.29 is 23.5 Å². The molecule has 2 amide bonds. The Morgan fingerprint density at radius 2 is 1.82 bits per heavy atom. The van der Waals surface area contributed by atoms with Crippen LogP contribution in [0.5, 0.6) is 11.5 Å². The smallest absolute Gasteiger partial charge is 0.407 e. The summed E-state index contributed by atoms with van der Waals surface area (Å²) in [6.45, 7) is 7.09. The van der Waals surface area contributed by atoms with Gasteiger partial charge in [0.25, 0.3) is 5.91 Å². The molecule has 0 aliphatic carbocycles. The summed E-state index contributed by atoms with van der Waals surface area (Å²) in [4.78, 5) is 48.5. The minimum Gasteiger partial charge on any atom is -0.451 e. The van der Waals surface area contributed by atoms with Gasteiger partial charge in [0, 0.05) is 50.7 Å². The lowest BCUT2D eigenvalue weighted by atomic mass is 10.0. The summed E-state index contributed by atoms with van der Waals surface area (Å²) in [5, 5.41) is 4.83. The molecule has 1 N–H and O–H groups in total. The largest absolute Gasteiger partial charge is 0.451 e. The van der Waals surface area contributed by atoms with Gasteiger partial charge in [-0.1, -0.05) is 30.3 Å². The van der Waals surface area contributed by atoms with Gasteiger partial charge in [0.15, 0.2) is 17.3 Å². The van der Waals surface area contributed by atoms with Crippen molar-refractivity contribution in [2.45, 2.75) is 51.2 Å². The van der Waals surface area contributed by atoms with Crippen molar-refractivity contribution in [3.63, 3.8) is 0 Å². The molecule has 250 valence electrons. The number of benzene rings is 3. The van der Waals surface area contributed by atoms with Gasteiger partial charge in [0.05, 0.1) is 17.1 Å². The number of amides is 2. The van der Waals surface area contributed by atoms with Crippen molar-refractivity contribution in [3.05, 3.63) is 100 Å². The molecular formula is C38H36FN5O5. The molecule has 0 spiro atoms. The Bertz CT molecular complexity index is 2210. The van der Waals surface area contributed by atoms with Crippen molar-refractivity contribution >= 4 is 39.4 Å². The number of pyridine rings is 2. The van der Waals surface area contributed by atoms with E-state index in [4.69, 9.17) is 9.47 Å². The fraction of sp³-hybridized carbons (Fsp3) is 0.316. The third kappa shape index (κ3) is 5.52. The monoisotopic (exact) mass is 661 g/mol. The predicted molar refractivity (Wildman–Crippen MR) is 185 cm³/mol. The van der Waals surface area contributed by atoms with E-state index in [-0.39, 0.29) is 34.3 Å². The third-order valence-electron chi connectivity index (χ3n) is 9.56. The molecule has 11 heteroatoms. The zero-order chi connectivity index (χ0) is 34.0. The summed E-state index contributed by atoms with van der Waals surface area (Å²) in [6.07, 6.45) is 5.90. The number of hydrogen-bond acceptors (Lipinski definition) is 7. The van der Waals surface area contributed by atoms with Crippen LogP contribution in [0.2, 0.25) is 0 Å². The highest BCUT2D eigenvalue weighted by Gasteiger charge is 2.36. The molecule has 49 heavy (non-hydrogen) atoms. The fourth-order valence-corrected chi connectivity index (χ4v) is 7.30. The van der Waals surface area contributed by atoms with Gasteiger partial charge in [0.2, 0.25) is 5.43 Å². The first kappa shape index (κ1) is 30.9. The molecule has 8 rings (SSSR count). The Kier molecular flexibility index (Phi) is 7.31. The van der Waals surface area contributed by atoms with Gasteiger partial charge >= 0.3 is 6.09 Å². The normalized spacial score (nSPS) is 18.4. The molecule has 2 fully saturated rings. The maximum absolute atomic E-state index is 16.4. The lowest BCUT2D eigenvalue weighted by molar-refractivity contribution is 0.0508. The molecule has 2 unspecified atom stereocenters. The Labute approximate surface area is 282 Å². The van der Waals surface area contributed by atoms with E-state index in [0.717, 1.165) is 22.8 Å². The van der Waals surface area contributed by atoms with Crippen molar-refractivity contribution in [1.29, 1.82) is 0 Å². The van der Waals surface area contributed by atoms with Crippen molar-refractivity contribution in [1.82, 2.24) is 19.8 Å². The summed E-state index contributed by atoms with van der Waals surface area (Å²) in [6, 6.07) is 16.5. The highest BCUT2D eigenvalue weighted by molar-refractivity contribution is 6.02. The van der Waals surface area contributed by atoms with E-state index >= 15 is 4.39 Å². The van der Waals surface area contributed by atoms with Gasteiger partial charge in [-0.15, -0.1) is 0 Å². The standard InChI is InChI=1S/C38H36FN5O5/c1-38(2,3)49-37(47)41-26-11-14-42(20-26)33-29(39)17-27-32-35(33)48-31-16-23-8-5-4-7-22(23)15-30(31)44(32)21-28(34(27)45)36(46)43-13-10-25(19-43)24-9-6-12-40-18-24/h4-9,12,15-18,21,25-26H,10-11,13-14,19-20H2,1-3H3,(H,41,47). The van der Waals surface area contributed by atoms with Crippen LogP contribution >= 0.6 is 0 Å². The summed E-state index contributed by atoms with van der Waals surface area (Å²) < 4.78 is 30.1. The first-order chi connectivity index (χ1) is 23.5. The second-order valence-corrected chi connectivity index (χ2v) is 14.0. The third-order valence-corrected chi connectivity index (χ3v) is 9.56. The van der Waals surface area contributed by atoms with Gasteiger partial charge < -0.3 is 29.2 Å². The number of anilines is 1. The number of likely N-dealkylation sites (tertiary alicyclic amines) is 1. The summed E-state index contributed by atoms with van der Waals surface area (Å²) in [7, 11) is 0. The van der Waals surface area contributed by atoms with Crippen LogP contribution in [0.15, 0.2) is 78.0 Å². The van der Waals surface area contributed by atoms with Crippen LogP contribution in [-0.2, 0) is 4.74 Å². The number of fused-ring (bicyclic) bond motifs is 3. The van der Waals surface area contributed by atoms with E-state index in [9.17, 15) is 14.4 Å². The van der Waals surface area contributed by atoms with E-state index in [2.05, 4.69) is 10.3 Å². The molecule has 5 heterocycles. The number of nitrogens with one attached hydrogen (secondary N) is 1. The molecule has 5 aromatic rings. The van der Waals surface area contributed by atoms with Crippen molar-refractivity contribution in [2.24, 2.45) is 0 Å². The highest BCUT2D eigenvalue weighted by Crippen LogP contribution is 2.48. The van der Waals surface area contributed by atoms with Crippen LogP contribution in [0.1, 0.15) is 55.5 Å². The maximum atomic E-state index is 16.4. The van der Waals surface area contributed by atoms with Gasteiger partial charge in [-0.2, -0.15) is 0 Å². The number of aromatic nitrogens is 2. The first-order valence-electron chi connectivity index (χ1n) is 16.6. The number of halogens is 1. The first-order valence-corrected chi connectivity index (χ1v) is 16.6. The zero-order valence-electron chi connectivity index (χ0n) is 27.5. The molecule has 0 saturated carbocycles. The number of rotatable bonds is 4. The van der Waals surface area contributed by atoms with E-state index in [1.165, 1.54) is 6.07 Å². The molecule has 2 saturated heterocycles. The quantitative estimate of drug-likeness (QED) is 0.230. The minimum atomic E-state index is -0.651. The van der Waals surface area contributed by atoms with E-state index < -0.39 is 28.8 Å². The molecule has 3 aliphatic rings. The molecule has 3 aromatic carbocycles. The maximum Gasteiger partial charge on any atom is 0.407 e. The molecule has 3 aliphatic heterocycles. The Balaban J connectivity index is 1.22. The second-order valence-electron chi connectivity index (χ2n) is 14.0. The molecule has 2 atom stereocenters. The lowest BCUT2D eigenvalue weighted by Crippen LogP contribution is -2.40. The number of nitrogens with zero attached hydrogens (tertiary/aromatic N) is 4. The predicted octanol–water partition coefficient (Wildman–Crippen LogP) is 6.52. The van der Waals surface area contributed by atoms with Crippen LogP contribution in [-0.4, -0.2) is 64.3 Å². The van der Waals surface area contributed by atoms with E-state index in [1.807, 2.05) is 59.6 Å². The fourth-order valence-electron chi connectivity index (χ4n) is 7.30. The average molecular weight is 662 g/mol. The van der Waals surface area contributed by atoms with Crippen LogP contribution in [0.3, 0.4) is 0 Å². The van der Waals surface area contributed by atoms with Crippen molar-refractivity contribution in [2.75, 3.05) is 31.1 Å². The molecule has 2 aromatic heterocycles. The molecule has 0 radical (unpaired) electrons. The summed E-state index contributed by atoms with van der Waals surface area (Å²) >= 11 is 0. The number of alkyl carbamates (subject to hydrolysis) is 1. The SMILES string of the molecule is CC(C)(C)OC(=O)NC1CCN(c2c(F)cc3c(=O)c(C(=O)N4CCC(c5cccnc5)C4)cn4c3c2Oc2cc3ccccc3cc2-4)C1. The number of carbonyl (C=O) groups excluding carboxylic acids is 2. The van der Waals surface area contributed by atoms with Crippen molar-refractivity contribution in [3.8, 4) is 17.2 Å². The summed E-state index contributed by atoms with van der Waals surface area (Å²) in [5.74, 6) is -0.250. The van der Waals surface area contributed by atoms with Crippen LogP contribution in [0.4, 0.5) is 14.9 Å². The topological polar surface area (TPSA) is 106 Å². The molecule has 10 nitrogen and oxygen atoms in total. The average Bonchev–Trinajstić information content (AvgIpc) is 3.75. The second kappa shape index (κ2) is 11.6. The van der Waals surface area contributed by atoms with Crippen LogP contribution in [0.25, 0.3) is 27.4 Å². The van der Waals surface area contributed by atoms with Crippen LogP contribution in [0, 0.1) is 5.82 Å². The van der Waals surface area contributed by atoms with Gasteiger partial charge in [-0.3, -0.25) is 14.6 Å². The highest BCUT2D eigenvalue weighted by atomic mass is 19.1. The van der Waals surface area contributed by atoms with E-state index in [0.29, 0.717) is 49.6 Å². The summed E-state index contributed by atoms with van der Waals surface area (Å²) in [5.41, 5.74) is 1.05.